The zero-order valence-corrected chi connectivity index (χ0v) is 20.6. The Hall–Kier alpha value is -3.80. The molecule has 7 rings (SSSR count). The Morgan fingerprint density at radius 3 is 2.50 bits per heavy atom. The molecule has 1 aliphatic heterocycles. The van der Waals surface area contributed by atoms with Crippen LogP contribution in [0.1, 0.15) is 0 Å². The second-order valence-electron chi connectivity index (χ2n) is 7.72. The second-order valence-corrected chi connectivity index (χ2v) is 7.72. The van der Waals surface area contributed by atoms with Gasteiger partial charge in [-0.2, -0.15) is 37.0 Å². The molecule has 1 aliphatic rings. The van der Waals surface area contributed by atoms with Gasteiger partial charge in [-0.3, -0.25) is 4.98 Å². The van der Waals surface area contributed by atoms with E-state index in [1.165, 1.54) is 0 Å². The molecular weight excluding hydrogens is 601 g/mol. The summed E-state index contributed by atoms with van der Waals surface area (Å²) in [7, 11) is 2.00. The number of fused-ring (bicyclic) bond motifs is 8. The quantitative estimate of drug-likeness (QED) is 0.187. The van der Waals surface area contributed by atoms with Crippen LogP contribution in [0.5, 0.6) is 0 Å². The molecule has 0 radical (unpaired) electrons. The van der Waals surface area contributed by atoms with Crippen molar-refractivity contribution in [3.8, 4) is 0 Å². The summed E-state index contributed by atoms with van der Waals surface area (Å²) in [6, 6.07) is 23.2. The smallest absolute Gasteiger partial charge is 0.510 e. The summed E-state index contributed by atoms with van der Waals surface area (Å²) < 4.78 is 1.92. The Kier molecular flexibility index (Phi) is 5.97. The third-order valence-corrected chi connectivity index (χ3v) is 5.61. The van der Waals surface area contributed by atoms with Crippen molar-refractivity contribution in [1.82, 2.24) is 24.3 Å². The predicted molar refractivity (Wildman–Crippen MR) is 131 cm³/mol. The molecule has 0 saturated carbocycles. The van der Waals surface area contributed by atoms with E-state index in [9.17, 15) is 0 Å². The average Bonchev–Trinajstić information content (AvgIpc) is 3.54. The number of aromatic nitrogens is 4. The van der Waals surface area contributed by atoms with Crippen LogP contribution in [0.25, 0.3) is 38.4 Å². The molecule has 0 amide bonds. The second kappa shape index (κ2) is 9.21. The predicted octanol–water partition coefficient (Wildman–Crippen LogP) is 5.21. The third kappa shape index (κ3) is 3.79. The molecular formula is C27H19IrN6. The number of nitrogens with zero attached hydrogens (tertiary/aromatic N) is 6. The van der Waals surface area contributed by atoms with Crippen LogP contribution < -0.4 is 4.90 Å². The maximum atomic E-state index is 4.58. The molecule has 0 N–H and O–H groups in total. The summed E-state index contributed by atoms with van der Waals surface area (Å²) in [6.45, 7) is 2.01. The number of para-hydroxylation sites is 2. The molecule has 0 fully saturated rings. The van der Waals surface area contributed by atoms with Crippen molar-refractivity contribution in [1.29, 1.82) is 0 Å². The molecule has 6 nitrogen and oxygen atoms in total. The van der Waals surface area contributed by atoms with Crippen molar-refractivity contribution in [3.05, 3.63) is 111 Å². The number of imidazole rings is 1. The molecule has 0 spiro atoms. The van der Waals surface area contributed by atoms with Gasteiger partial charge in [-0.1, -0.05) is 30.5 Å². The van der Waals surface area contributed by atoms with Crippen LogP contribution in [-0.4, -0.2) is 31.3 Å². The minimum absolute atomic E-state index is 0. The number of hydrogen-bond donors (Lipinski definition) is 0. The van der Waals surface area contributed by atoms with E-state index in [-0.39, 0.29) is 20.1 Å². The molecule has 5 heterocycles. The fraction of sp³-hybridized carbons (Fsp3) is 0.0370. The summed E-state index contributed by atoms with van der Waals surface area (Å²) >= 11 is 0. The number of benzene rings is 2. The van der Waals surface area contributed by atoms with Crippen LogP contribution in [-0.2, 0) is 20.1 Å². The Bertz CT molecular complexity index is 1620. The Morgan fingerprint density at radius 1 is 0.824 bits per heavy atom. The molecule has 2 aromatic carbocycles. The molecule has 0 saturated heterocycles. The van der Waals surface area contributed by atoms with Crippen molar-refractivity contribution >= 4 is 44.0 Å². The Balaban J connectivity index is 0.000000159. The van der Waals surface area contributed by atoms with Crippen LogP contribution in [0.2, 0.25) is 0 Å². The fourth-order valence-corrected chi connectivity index (χ4v) is 4.11. The topological polar surface area (TPSA) is 49.6 Å². The molecule has 0 aliphatic carbocycles. The van der Waals surface area contributed by atoms with Gasteiger partial charge in [-0.25, -0.2) is 0 Å². The summed E-state index contributed by atoms with van der Waals surface area (Å²) in [6.07, 6.45) is 12.5. The van der Waals surface area contributed by atoms with Crippen LogP contribution >= 0.6 is 0 Å². The van der Waals surface area contributed by atoms with Gasteiger partial charge in [-0.05, 0) is 59.3 Å². The first kappa shape index (κ1) is 22.0. The number of anilines is 1. The number of hydrogen-bond acceptors (Lipinski definition) is 5. The zero-order chi connectivity index (χ0) is 22.2. The van der Waals surface area contributed by atoms with Gasteiger partial charge in [0.1, 0.15) is 0 Å². The maximum Gasteiger partial charge on any atom is 3.00 e. The van der Waals surface area contributed by atoms with Crippen LogP contribution in [0, 0.1) is 18.9 Å². The molecule has 7 heteroatoms. The zero-order valence-electron chi connectivity index (χ0n) is 18.3. The van der Waals surface area contributed by atoms with Gasteiger partial charge in [0.25, 0.3) is 0 Å². The van der Waals surface area contributed by atoms with Gasteiger partial charge in [-0.15, -0.1) is 5.69 Å². The van der Waals surface area contributed by atoms with Crippen molar-refractivity contribution in [2.24, 2.45) is 0 Å². The van der Waals surface area contributed by atoms with E-state index in [0.29, 0.717) is 0 Å². The van der Waals surface area contributed by atoms with Gasteiger partial charge in [0.2, 0.25) is 0 Å². The molecule has 0 bridgehead atoms. The molecule has 0 unspecified atom stereocenters. The summed E-state index contributed by atoms with van der Waals surface area (Å²) in [4.78, 5) is 17.6. The van der Waals surface area contributed by atoms with Crippen LogP contribution in [0.3, 0.4) is 0 Å². The first-order valence-corrected chi connectivity index (χ1v) is 10.6. The molecule has 166 valence electrons. The number of rotatable bonds is 1. The normalized spacial score (nSPS) is 12.9. The van der Waals surface area contributed by atoms with E-state index in [2.05, 4.69) is 39.3 Å². The van der Waals surface area contributed by atoms with Crippen LogP contribution in [0.4, 0.5) is 5.69 Å². The fourth-order valence-electron chi connectivity index (χ4n) is 4.11. The van der Waals surface area contributed by atoms with Gasteiger partial charge < -0.3 is 24.2 Å². The summed E-state index contributed by atoms with van der Waals surface area (Å²) in [5.41, 5.74) is 3.76. The van der Waals surface area contributed by atoms with Crippen LogP contribution in [0.15, 0.2) is 91.7 Å². The minimum Gasteiger partial charge on any atom is -0.510 e. The van der Waals surface area contributed by atoms with E-state index in [0.717, 1.165) is 44.0 Å². The van der Waals surface area contributed by atoms with E-state index in [1.54, 1.807) is 12.4 Å². The van der Waals surface area contributed by atoms with Crippen molar-refractivity contribution < 1.29 is 20.1 Å². The molecule has 4 aromatic heterocycles. The van der Waals surface area contributed by atoms with Crippen molar-refractivity contribution in [2.45, 2.75) is 0 Å². The van der Waals surface area contributed by atoms with Gasteiger partial charge in [0.05, 0.1) is 5.52 Å². The first-order valence-electron chi connectivity index (χ1n) is 10.6. The maximum absolute atomic E-state index is 4.58. The Morgan fingerprint density at radius 2 is 1.68 bits per heavy atom. The van der Waals surface area contributed by atoms with E-state index < -0.39 is 0 Å². The summed E-state index contributed by atoms with van der Waals surface area (Å²) in [5.74, 6) is 0. The SMILES string of the molecule is CN1C=CN(c2[c-]cccc2)[CH-]1.[Ir+3].[c-]1cnc2c3c4ccccc4ncc3c3cccnc3n12. The molecule has 34 heavy (non-hydrogen) atoms. The third-order valence-electron chi connectivity index (χ3n) is 5.61. The van der Waals surface area contributed by atoms with E-state index in [1.807, 2.05) is 95.0 Å². The standard InChI is InChI=1S/C17H9N4.C10H10N2.Ir/c1-2-6-14-12(4-1)15-13(10-20-14)11-5-3-7-18-16(11)21-9-8-19-17(15)21;1-11-7-8-12(9-11)10-5-3-2-4-6-10;/h1-8,10H;2-5,7-9H,1H3;/q-1;-2;+3. The Labute approximate surface area is 210 Å². The number of pyridine rings is 3. The van der Waals surface area contributed by atoms with Crippen molar-refractivity contribution in [2.75, 3.05) is 11.9 Å². The average molecular weight is 620 g/mol. The minimum atomic E-state index is 0. The van der Waals surface area contributed by atoms with Crippen molar-refractivity contribution in [3.63, 3.8) is 0 Å². The van der Waals surface area contributed by atoms with Gasteiger partial charge >= 0.3 is 20.1 Å². The summed E-state index contributed by atoms with van der Waals surface area (Å²) in [5, 5.41) is 4.34. The van der Waals surface area contributed by atoms with Gasteiger partial charge in [0.15, 0.2) is 0 Å². The molecule has 6 aromatic rings. The van der Waals surface area contributed by atoms with E-state index >= 15 is 0 Å². The largest absolute Gasteiger partial charge is 3.00 e. The monoisotopic (exact) mass is 620 g/mol. The van der Waals surface area contributed by atoms with Gasteiger partial charge in [0, 0.05) is 23.7 Å². The van der Waals surface area contributed by atoms with E-state index in [4.69, 9.17) is 0 Å². The molecule has 0 atom stereocenters. The first-order chi connectivity index (χ1) is 16.3.